The smallest absolute Gasteiger partial charge is 0.274 e. The number of hydrogen-bond acceptors (Lipinski definition) is 2. The second-order valence-electron chi connectivity index (χ2n) is 4.25. The van der Waals surface area contributed by atoms with Gasteiger partial charge in [0.25, 0.3) is 11.5 Å². The van der Waals surface area contributed by atoms with E-state index in [1.54, 1.807) is 39.2 Å². The van der Waals surface area contributed by atoms with Gasteiger partial charge in [-0.1, -0.05) is 17.7 Å². The predicted molar refractivity (Wildman–Crippen MR) is 74.6 cm³/mol. The van der Waals surface area contributed by atoms with Crippen molar-refractivity contribution in [1.29, 1.82) is 0 Å². The molecule has 2 N–H and O–H groups in total. The fourth-order valence-corrected chi connectivity index (χ4v) is 2.28. The molecule has 19 heavy (non-hydrogen) atoms. The minimum atomic E-state index is -0.216. The van der Waals surface area contributed by atoms with Crippen LogP contribution in [0.5, 0.6) is 0 Å². The van der Waals surface area contributed by atoms with E-state index in [1.165, 1.54) is 4.68 Å². The molecule has 0 fully saturated rings. The molecule has 0 unspecified atom stereocenters. The van der Waals surface area contributed by atoms with E-state index in [0.717, 1.165) is 5.69 Å². The maximum Gasteiger partial charge on any atom is 0.274 e. The van der Waals surface area contributed by atoms with E-state index in [4.69, 9.17) is 11.6 Å². The number of H-pyrrole nitrogens is 1. The molecular formula is C13H14ClN3O2. The van der Waals surface area contributed by atoms with Gasteiger partial charge in [0.2, 0.25) is 0 Å². The van der Waals surface area contributed by atoms with Gasteiger partial charge >= 0.3 is 0 Å². The first kappa shape index (κ1) is 13.4. The van der Waals surface area contributed by atoms with Gasteiger partial charge in [0.1, 0.15) is 0 Å². The lowest BCUT2D eigenvalue weighted by atomic mass is 10.0. The summed E-state index contributed by atoms with van der Waals surface area (Å²) in [6.45, 7) is 1.81. The molecule has 0 radical (unpaired) electrons. The average molecular weight is 280 g/mol. The normalized spacial score (nSPS) is 10.5. The molecule has 5 nitrogen and oxygen atoms in total. The molecule has 0 saturated carbocycles. The Hall–Kier alpha value is -2.01. The van der Waals surface area contributed by atoms with Gasteiger partial charge in [-0.05, 0) is 19.1 Å². The van der Waals surface area contributed by atoms with Crippen molar-refractivity contribution >= 4 is 17.5 Å². The number of aromatic amines is 1. The fraction of sp³-hybridized carbons (Fsp3) is 0.231. The van der Waals surface area contributed by atoms with Crippen LogP contribution in [0.1, 0.15) is 16.1 Å². The van der Waals surface area contributed by atoms with Crippen molar-refractivity contribution in [2.24, 2.45) is 7.05 Å². The number of amides is 1. The van der Waals surface area contributed by atoms with Crippen LogP contribution in [-0.2, 0) is 7.05 Å². The van der Waals surface area contributed by atoms with Gasteiger partial charge in [0.05, 0.1) is 5.56 Å². The molecule has 0 atom stereocenters. The van der Waals surface area contributed by atoms with Gasteiger partial charge in [0.15, 0.2) is 0 Å². The highest BCUT2D eigenvalue weighted by molar-refractivity contribution is 6.33. The number of benzene rings is 1. The molecule has 0 saturated heterocycles. The van der Waals surface area contributed by atoms with Crippen LogP contribution >= 0.6 is 11.6 Å². The summed E-state index contributed by atoms with van der Waals surface area (Å²) in [5, 5.41) is 5.82. The Kier molecular flexibility index (Phi) is 3.48. The van der Waals surface area contributed by atoms with Crippen molar-refractivity contribution in [1.82, 2.24) is 15.1 Å². The molecule has 0 spiro atoms. The van der Waals surface area contributed by atoms with E-state index < -0.39 is 0 Å². The Morgan fingerprint density at radius 2 is 2.11 bits per heavy atom. The molecule has 2 aromatic rings. The first-order valence-corrected chi connectivity index (χ1v) is 6.11. The van der Waals surface area contributed by atoms with E-state index in [2.05, 4.69) is 10.4 Å². The molecule has 2 rings (SSSR count). The van der Waals surface area contributed by atoms with E-state index in [9.17, 15) is 9.59 Å². The van der Waals surface area contributed by atoms with Gasteiger partial charge in [-0.2, -0.15) is 0 Å². The number of aryl methyl sites for hydroxylation is 2. The molecule has 100 valence electrons. The SMILES string of the molecule is CNC(=O)c1ccc(-c2c(C)[nH]n(C)c2=O)c(Cl)c1. The average Bonchev–Trinajstić information content (AvgIpc) is 2.63. The van der Waals surface area contributed by atoms with Crippen molar-refractivity contribution in [3.8, 4) is 11.1 Å². The molecule has 0 aliphatic heterocycles. The number of carbonyl (C=O) groups is 1. The van der Waals surface area contributed by atoms with Crippen LogP contribution in [0.3, 0.4) is 0 Å². The van der Waals surface area contributed by atoms with Gasteiger partial charge in [-0.15, -0.1) is 0 Å². The first-order valence-electron chi connectivity index (χ1n) is 5.73. The number of rotatable bonds is 2. The summed E-state index contributed by atoms with van der Waals surface area (Å²) in [4.78, 5) is 23.5. The van der Waals surface area contributed by atoms with Crippen LogP contribution < -0.4 is 10.9 Å². The zero-order valence-electron chi connectivity index (χ0n) is 10.9. The van der Waals surface area contributed by atoms with Crippen LogP contribution in [0.15, 0.2) is 23.0 Å². The molecule has 1 heterocycles. The Morgan fingerprint density at radius 3 is 2.58 bits per heavy atom. The molecule has 1 aromatic carbocycles. The molecule has 0 bridgehead atoms. The Morgan fingerprint density at radius 1 is 1.42 bits per heavy atom. The Bertz CT molecular complexity index is 700. The summed E-state index contributed by atoms with van der Waals surface area (Å²) in [5.41, 5.74) is 2.19. The van der Waals surface area contributed by atoms with Crippen molar-refractivity contribution in [3.05, 3.63) is 44.8 Å². The molecule has 0 aliphatic carbocycles. The fourth-order valence-electron chi connectivity index (χ4n) is 2.01. The second kappa shape index (κ2) is 4.93. The van der Waals surface area contributed by atoms with Crippen molar-refractivity contribution in [3.63, 3.8) is 0 Å². The second-order valence-corrected chi connectivity index (χ2v) is 4.66. The minimum absolute atomic E-state index is 0.146. The van der Waals surface area contributed by atoms with Crippen LogP contribution in [-0.4, -0.2) is 22.7 Å². The van der Waals surface area contributed by atoms with Crippen LogP contribution in [0, 0.1) is 6.92 Å². The monoisotopic (exact) mass is 279 g/mol. The summed E-state index contributed by atoms with van der Waals surface area (Å²) in [6, 6.07) is 4.89. The molecule has 6 heteroatoms. The van der Waals surface area contributed by atoms with E-state index >= 15 is 0 Å². The highest BCUT2D eigenvalue weighted by Crippen LogP contribution is 2.28. The van der Waals surface area contributed by atoms with Gasteiger partial charge < -0.3 is 5.32 Å². The van der Waals surface area contributed by atoms with E-state index in [-0.39, 0.29) is 11.5 Å². The number of carbonyl (C=O) groups excluding carboxylic acids is 1. The molecular weight excluding hydrogens is 266 g/mol. The summed E-state index contributed by atoms with van der Waals surface area (Å²) in [7, 11) is 3.20. The van der Waals surface area contributed by atoms with E-state index in [1.807, 2.05) is 0 Å². The summed E-state index contributed by atoms with van der Waals surface area (Å²) < 4.78 is 1.40. The number of hydrogen-bond donors (Lipinski definition) is 2. The van der Waals surface area contributed by atoms with Gasteiger partial charge in [-0.3, -0.25) is 19.4 Å². The lowest BCUT2D eigenvalue weighted by molar-refractivity contribution is 0.0963. The summed E-state index contributed by atoms with van der Waals surface area (Å²) in [6.07, 6.45) is 0. The van der Waals surface area contributed by atoms with Gasteiger partial charge in [0, 0.05) is 35.9 Å². The Balaban J connectivity index is 2.59. The van der Waals surface area contributed by atoms with Crippen LogP contribution in [0.25, 0.3) is 11.1 Å². The molecule has 0 aliphatic rings. The quantitative estimate of drug-likeness (QED) is 0.879. The van der Waals surface area contributed by atoms with Crippen molar-refractivity contribution < 1.29 is 4.79 Å². The zero-order chi connectivity index (χ0) is 14.2. The topological polar surface area (TPSA) is 66.9 Å². The maximum absolute atomic E-state index is 12.0. The highest BCUT2D eigenvalue weighted by atomic mass is 35.5. The maximum atomic E-state index is 12.0. The first-order chi connectivity index (χ1) is 8.95. The van der Waals surface area contributed by atoms with Crippen molar-refractivity contribution in [2.45, 2.75) is 6.92 Å². The van der Waals surface area contributed by atoms with Crippen LogP contribution in [0.2, 0.25) is 5.02 Å². The lowest BCUT2D eigenvalue weighted by Crippen LogP contribution is -2.17. The number of nitrogens with zero attached hydrogens (tertiary/aromatic N) is 1. The summed E-state index contributed by atoms with van der Waals surface area (Å²) in [5.74, 6) is -0.216. The number of aromatic nitrogens is 2. The summed E-state index contributed by atoms with van der Waals surface area (Å²) >= 11 is 6.18. The van der Waals surface area contributed by atoms with Crippen molar-refractivity contribution in [2.75, 3.05) is 7.05 Å². The van der Waals surface area contributed by atoms with Gasteiger partial charge in [-0.25, -0.2) is 0 Å². The third kappa shape index (κ3) is 2.29. The Labute approximate surface area is 115 Å². The third-order valence-corrected chi connectivity index (χ3v) is 3.27. The third-order valence-electron chi connectivity index (χ3n) is 2.96. The molecule has 1 aromatic heterocycles. The largest absolute Gasteiger partial charge is 0.355 e. The highest BCUT2D eigenvalue weighted by Gasteiger charge is 2.15. The number of nitrogens with one attached hydrogen (secondary N) is 2. The zero-order valence-corrected chi connectivity index (χ0v) is 11.6. The number of halogens is 1. The van der Waals surface area contributed by atoms with Crippen LogP contribution in [0.4, 0.5) is 0 Å². The molecule has 1 amide bonds. The van der Waals surface area contributed by atoms with E-state index in [0.29, 0.717) is 21.7 Å². The predicted octanol–water partition coefficient (Wildman–Crippen LogP) is 1.70. The lowest BCUT2D eigenvalue weighted by Gasteiger charge is -2.05. The standard InChI is InChI=1S/C13H14ClN3O2/c1-7-11(13(19)17(3)16-7)9-5-4-8(6-10(9)14)12(18)15-2/h4-6,16H,1-3H3,(H,15,18). The minimum Gasteiger partial charge on any atom is -0.355 e.